The van der Waals surface area contributed by atoms with Crippen molar-refractivity contribution in [2.45, 2.75) is 20.3 Å². The summed E-state index contributed by atoms with van der Waals surface area (Å²) in [6.45, 7) is 4.19. The molecule has 2 rings (SSSR count). The van der Waals surface area contributed by atoms with Gasteiger partial charge in [-0.15, -0.1) is 0 Å². The van der Waals surface area contributed by atoms with E-state index in [0.29, 0.717) is 0 Å². The van der Waals surface area contributed by atoms with E-state index in [1.165, 1.54) is 11.1 Å². The molecular weight excluding hydrogens is 220 g/mol. The van der Waals surface area contributed by atoms with E-state index in [-0.39, 0.29) is 0 Å². The second kappa shape index (κ2) is 6.01. The van der Waals surface area contributed by atoms with E-state index < -0.39 is 0 Å². The molecule has 0 N–H and O–H groups in total. The molecule has 0 fully saturated rings. The van der Waals surface area contributed by atoms with Gasteiger partial charge in [0.15, 0.2) is 0 Å². The van der Waals surface area contributed by atoms with Gasteiger partial charge in [-0.2, -0.15) is 5.10 Å². The minimum atomic E-state index is 1.00. The summed E-state index contributed by atoms with van der Waals surface area (Å²) in [6.07, 6.45) is 11.3. The van der Waals surface area contributed by atoms with Crippen molar-refractivity contribution in [1.82, 2.24) is 9.78 Å². The molecule has 2 nitrogen and oxygen atoms in total. The molecule has 0 aliphatic carbocycles. The van der Waals surface area contributed by atoms with Crippen molar-refractivity contribution >= 4 is 5.57 Å². The van der Waals surface area contributed by atoms with Gasteiger partial charge in [0.1, 0.15) is 0 Å². The molecule has 0 atom stereocenters. The summed E-state index contributed by atoms with van der Waals surface area (Å²) in [5.74, 6) is 0. The van der Waals surface area contributed by atoms with E-state index in [1.807, 2.05) is 42.1 Å². The molecule has 18 heavy (non-hydrogen) atoms. The first-order valence-electron chi connectivity index (χ1n) is 6.27. The van der Waals surface area contributed by atoms with Crippen LogP contribution in [-0.2, 0) is 0 Å². The number of aromatic nitrogens is 2. The first-order chi connectivity index (χ1) is 8.85. The number of hydrogen-bond donors (Lipinski definition) is 0. The van der Waals surface area contributed by atoms with Crippen molar-refractivity contribution < 1.29 is 0 Å². The minimum Gasteiger partial charge on any atom is -0.240 e. The van der Waals surface area contributed by atoms with Gasteiger partial charge in [0, 0.05) is 11.8 Å². The third-order valence-corrected chi connectivity index (χ3v) is 2.84. The number of nitrogens with zero attached hydrogens (tertiary/aromatic N) is 2. The van der Waals surface area contributed by atoms with Crippen LogP contribution in [0.2, 0.25) is 0 Å². The van der Waals surface area contributed by atoms with Gasteiger partial charge in [-0.1, -0.05) is 43.4 Å². The normalized spacial score (nSPS) is 12.2. The van der Waals surface area contributed by atoms with Gasteiger partial charge in [0.25, 0.3) is 0 Å². The Morgan fingerprint density at radius 2 is 2.06 bits per heavy atom. The summed E-state index contributed by atoms with van der Waals surface area (Å²) < 4.78 is 1.91. The van der Waals surface area contributed by atoms with E-state index in [9.17, 15) is 0 Å². The van der Waals surface area contributed by atoms with Crippen LogP contribution in [0, 0.1) is 0 Å². The molecule has 1 aromatic carbocycles. The van der Waals surface area contributed by atoms with E-state index in [4.69, 9.17) is 0 Å². The zero-order chi connectivity index (χ0) is 12.8. The Morgan fingerprint density at radius 3 is 2.72 bits per heavy atom. The van der Waals surface area contributed by atoms with Gasteiger partial charge in [0.2, 0.25) is 0 Å². The Bertz CT molecular complexity index is 547. The lowest BCUT2D eigenvalue weighted by molar-refractivity contribution is 0.880. The number of benzene rings is 1. The molecule has 0 aliphatic heterocycles. The Morgan fingerprint density at radius 1 is 1.28 bits per heavy atom. The van der Waals surface area contributed by atoms with E-state index in [0.717, 1.165) is 12.1 Å². The van der Waals surface area contributed by atoms with Gasteiger partial charge in [-0.25, -0.2) is 4.68 Å². The smallest absolute Gasteiger partial charge is 0.0645 e. The lowest BCUT2D eigenvalue weighted by Crippen LogP contribution is -1.92. The highest BCUT2D eigenvalue weighted by molar-refractivity contribution is 5.66. The van der Waals surface area contributed by atoms with Crippen LogP contribution in [0.3, 0.4) is 0 Å². The van der Waals surface area contributed by atoms with Gasteiger partial charge in [0.05, 0.1) is 11.9 Å². The maximum Gasteiger partial charge on any atom is 0.0645 e. The van der Waals surface area contributed by atoms with Crippen molar-refractivity contribution in [3.05, 3.63) is 66.5 Å². The number of hydrogen-bond acceptors (Lipinski definition) is 1. The quantitative estimate of drug-likeness (QED) is 0.728. The highest BCUT2D eigenvalue weighted by Crippen LogP contribution is 2.18. The van der Waals surface area contributed by atoms with E-state index >= 15 is 0 Å². The minimum absolute atomic E-state index is 1.00. The summed E-state index contributed by atoms with van der Waals surface area (Å²) in [6, 6.07) is 10.2. The standard InChI is InChI=1S/C16H18N2/c1-3-5-9-14(4-2)15-12-17-18(13-15)16-10-7-6-8-11-16/h3,5-13H,4H2,1-2H3/b5-3-,14-9+. The summed E-state index contributed by atoms with van der Waals surface area (Å²) >= 11 is 0. The van der Waals surface area contributed by atoms with Gasteiger partial charge in [-0.05, 0) is 31.1 Å². The maximum atomic E-state index is 4.42. The van der Waals surface area contributed by atoms with Crippen LogP contribution in [0.15, 0.2) is 61.0 Å². The van der Waals surface area contributed by atoms with Crippen molar-refractivity contribution in [2.24, 2.45) is 0 Å². The Hall–Kier alpha value is -2.09. The predicted molar refractivity (Wildman–Crippen MR) is 76.6 cm³/mol. The molecule has 0 unspecified atom stereocenters. The second-order valence-electron chi connectivity index (χ2n) is 4.08. The van der Waals surface area contributed by atoms with Gasteiger partial charge >= 0.3 is 0 Å². The molecular formula is C16H18N2. The third-order valence-electron chi connectivity index (χ3n) is 2.84. The van der Waals surface area contributed by atoms with Crippen LogP contribution < -0.4 is 0 Å². The fraction of sp³-hybridized carbons (Fsp3) is 0.188. The average molecular weight is 238 g/mol. The molecule has 0 saturated carbocycles. The molecule has 1 heterocycles. The lowest BCUT2D eigenvalue weighted by atomic mass is 10.1. The third kappa shape index (κ3) is 2.77. The Balaban J connectivity index is 2.30. The van der Waals surface area contributed by atoms with Crippen molar-refractivity contribution in [3.8, 4) is 5.69 Å². The maximum absolute atomic E-state index is 4.42. The number of allylic oxidation sites excluding steroid dienone is 4. The van der Waals surface area contributed by atoms with Crippen molar-refractivity contribution in [3.63, 3.8) is 0 Å². The predicted octanol–water partition coefficient (Wildman–Crippen LogP) is 4.24. The number of rotatable bonds is 4. The molecule has 0 aliphatic rings. The summed E-state index contributed by atoms with van der Waals surface area (Å²) in [7, 11) is 0. The molecule has 0 bridgehead atoms. The molecule has 0 saturated heterocycles. The van der Waals surface area contributed by atoms with Crippen LogP contribution in [0.25, 0.3) is 11.3 Å². The molecule has 2 aromatic rings. The molecule has 1 aromatic heterocycles. The van der Waals surface area contributed by atoms with Crippen LogP contribution in [-0.4, -0.2) is 9.78 Å². The number of para-hydroxylation sites is 1. The average Bonchev–Trinajstić information content (AvgIpc) is 2.90. The van der Waals surface area contributed by atoms with E-state index in [1.54, 1.807) is 0 Å². The van der Waals surface area contributed by atoms with Crippen molar-refractivity contribution in [2.75, 3.05) is 0 Å². The molecule has 92 valence electrons. The molecule has 0 radical (unpaired) electrons. The first kappa shape index (κ1) is 12.4. The zero-order valence-corrected chi connectivity index (χ0v) is 10.9. The fourth-order valence-corrected chi connectivity index (χ4v) is 1.84. The van der Waals surface area contributed by atoms with Crippen LogP contribution in [0.5, 0.6) is 0 Å². The largest absolute Gasteiger partial charge is 0.240 e. The highest BCUT2D eigenvalue weighted by atomic mass is 15.3. The van der Waals surface area contributed by atoms with Gasteiger partial charge in [-0.3, -0.25) is 0 Å². The topological polar surface area (TPSA) is 17.8 Å². The lowest BCUT2D eigenvalue weighted by Gasteiger charge is -2.00. The molecule has 0 amide bonds. The fourth-order valence-electron chi connectivity index (χ4n) is 1.84. The zero-order valence-electron chi connectivity index (χ0n) is 10.9. The van der Waals surface area contributed by atoms with E-state index in [2.05, 4.69) is 42.5 Å². The van der Waals surface area contributed by atoms with Gasteiger partial charge < -0.3 is 0 Å². The summed E-state index contributed by atoms with van der Waals surface area (Å²) in [4.78, 5) is 0. The van der Waals surface area contributed by atoms with Crippen molar-refractivity contribution in [1.29, 1.82) is 0 Å². The molecule has 0 spiro atoms. The first-order valence-corrected chi connectivity index (χ1v) is 6.27. The SMILES string of the molecule is C/C=C\C=C(/CC)c1cnn(-c2ccccc2)c1. The second-order valence-corrected chi connectivity index (χ2v) is 4.08. The van der Waals surface area contributed by atoms with Crippen LogP contribution in [0.1, 0.15) is 25.8 Å². The summed E-state index contributed by atoms with van der Waals surface area (Å²) in [5.41, 5.74) is 3.57. The highest BCUT2D eigenvalue weighted by Gasteiger charge is 2.03. The van der Waals surface area contributed by atoms with Crippen LogP contribution >= 0.6 is 0 Å². The monoisotopic (exact) mass is 238 g/mol. The molecule has 2 heteroatoms. The van der Waals surface area contributed by atoms with Crippen LogP contribution in [0.4, 0.5) is 0 Å². The Kier molecular flexibility index (Phi) is 4.13. The Labute approximate surface area is 108 Å². The summed E-state index contributed by atoms with van der Waals surface area (Å²) in [5, 5.41) is 4.42.